The molecule has 6 atom stereocenters. The number of aliphatic hydroxyl groups is 2. The maximum Gasteiger partial charge on any atom is 0.411 e. The number of rotatable bonds is 40. The molecule has 6 rings (SSSR count). The van der Waals surface area contributed by atoms with Crippen LogP contribution in [0.5, 0.6) is 17.2 Å². The number of ketones is 3. The summed E-state index contributed by atoms with van der Waals surface area (Å²) in [5.41, 5.74) is 5.21. The van der Waals surface area contributed by atoms with Gasteiger partial charge in [0.05, 0.1) is 92.5 Å². The van der Waals surface area contributed by atoms with Crippen LogP contribution in [0.4, 0.5) is 21.0 Å². The number of hydrogen-bond donors (Lipinski definition) is 6. The minimum atomic E-state index is -0.899. The predicted molar refractivity (Wildman–Crippen MR) is 384 cm³/mol. The van der Waals surface area contributed by atoms with E-state index < -0.39 is 71.9 Å². The number of unbranched alkanes of at least 4 members (excludes halogenated alkanes) is 2. The summed E-state index contributed by atoms with van der Waals surface area (Å²) in [6.07, 6.45) is 8.04. The summed E-state index contributed by atoms with van der Waals surface area (Å²) in [6, 6.07) is 17.1. The minimum absolute atomic E-state index is 0.00639. The molecule has 0 aliphatic carbocycles. The first-order valence-corrected chi connectivity index (χ1v) is 34.6. The Morgan fingerprint density at radius 3 is 1.44 bits per heavy atom. The summed E-state index contributed by atoms with van der Waals surface area (Å²) < 4.78 is 34.5. The Bertz CT molecular complexity index is 3710. The van der Waals surface area contributed by atoms with Crippen LogP contribution >= 0.6 is 0 Å². The number of hydrogen-bond acceptors (Lipinski definition) is 18. The van der Waals surface area contributed by atoms with Crippen LogP contribution in [0, 0.1) is 30.6 Å². The van der Waals surface area contributed by atoms with Gasteiger partial charge in [-0.1, -0.05) is 106 Å². The largest absolute Gasteiger partial charge is 0.493 e. The highest BCUT2D eigenvalue weighted by Gasteiger charge is 2.34. The maximum absolute atomic E-state index is 14.3. The number of methoxy groups -OCH3 is 1. The number of carbonyl (C=O) groups excluding carboxylic acids is 10. The third-order valence-electron chi connectivity index (χ3n) is 17.7. The third-order valence-corrected chi connectivity index (χ3v) is 17.7. The van der Waals surface area contributed by atoms with E-state index in [2.05, 4.69) is 34.4 Å². The summed E-state index contributed by atoms with van der Waals surface area (Å²) in [6.45, 7) is 22.7. The quantitative estimate of drug-likeness (QED) is 0.0104. The van der Waals surface area contributed by atoms with Crippen LogP contribution in [0.2, 0.25) is 0 Å². The molecule has 0 saturated heterocycles. The Kier molecular flexibility index (Phi) is 31.7. The lowest BCUT2D eigenvalue weighted by Gasteiger charge is -2.24. The van der Waals surface area contributed by atoms with E-state index in [1.165, 1.54) is 35.1 Å². The fourth-order valence-corrected chi connectivity index (χ4v) is 11.6. The molecule has 4 aromatic rings. The van der Waals surface area contributed by atoms with Gasteiger partial charge in [0, 0.05) is 56.1 Å². The molecule has 24 heteroatoms. The van der Waals surface area contributed by atoms with Gasteiger partial charge in [-0.05, 0) is 125 Å². The van der Waals surface area contributed by atoms with E-state index in [4.69, 9.17) is 28.4 Å². The molecule has 6 N–H and O–H groups in total. The monoisotopic (exact) mass is 1410 g/mol. The number of nitrogens with zero attached hydrogens (tertiary/aromatic N) is 2. The van der Waals surface area contributed by atoms with Gasteiger partial charge in [0.15, 0.2) is 23.1 Å². The fourth-order valence-electron chi connectivity index (χ4n) is 11.6. The number of aryl methyl sites for hydroxylation is 1. The molecule has 0 radical (unpaired) electrons. The average molecular weight is 1410 g/mol. The Hall–Kier alpha value is -9.94. The lowest BCUT2D eigenvalue weighted by atomic mass is 9.88. The molecule has 0 aromatic heterocycles. The highest BCUT2D eigenvalue weighted by atomic mass is 16.6. The summed E-state index contributed by atoms with van der Waals surface area (Å²) in [4.78, 5) is 136. The number of nitrogens with one attached hydrogen (secondary N) is 4. The zero-order chi connectivity index (χ0) is 74.7. The minimum Gasteiger partial charge on any atom is -0.493 e. The molecule has 2 heterocycles. The van der Waals surface area contributed by atoms with Crippen LogP contribution in [-0.4, -0.2) is 143 Å². The van der Waals surface area contributed by atoms with Gasteiger partial charge in [-0.15, -0.1) is 6.58 Å². The fraction of sp³-hybridized carbons (Fsp3) is 0.462. The molecule has 24 nitrogen and oxygen atoms in total. The lowest BCUT2D eigenvalue weighted by Crippen LogP contribution is -2.44. The molecule has 2 aliphatic heterocycles. The highest BCUT2D eigenvalue weighted by Crippen LogP contribution is 2.37. The Balaban J connectivity index is 1.05. The SMILES string of the molecule is C=CCCC(=O)C[C@H](C(=O)N[C@@H](C)C(=O)Cc1ccc(COC(=O)Nc2cc(OCCCCCOc3cc(NC(=O)OCc4ccc(CC(=O)[C@H](C)NC(=O)[C@@H](CC(=O)OCC=C)C(C)C)cc4)c(C(=O)N4C=C(C)CC4CO)cc3OC)c(C)cc2C(=O)N2C=C(C)C[C@H]2CO)cc1)C(C)C. The van der Waals surface area contributed by atoms with Crippen molar-refractivity contribution in [1.82, 2.24) is 20.4 Å². The van der Waals surface area contributed by atoms with E-state index in [0.717, 1.165) is 11.1 Å². The first-order valence-electron chi connectivity index (χ1n) is 34.6. The first kappa shape index (κ1) is 81.0. The topological polar surface area (TPSA) is 321 Å². The van der Waals surface area contributed by atoms with Gasteiger partial charge in [-0.2, -0.15) is 0 Å². The second-order valence-corrected chi connectivity index (χ2v) is 26.7. The predicted octanol–water partition coefficient (Wildman–Crippen LogP) is 11.2. The highest BCUT2D eigenvalue weighted by molar-refractivity contribution is 6.05. The molecule has 2 aliphatic rings. The van der Waals surface area contributed by atoms with Crippen LogP contribution < -0.4 is 35.5 Å². The summed E-state index contributed by atoms with van der Waals surface area (Å²) in [5, 5.41) is 31.3. The number of esters is 1. The van der Waals surface area contributed by atoms with Crippen LogP contribution in [-0.2, 0) is 69.0 Å². The van der Waals surface area contributed by atoms with Crippen molar-refractivity contribution < 1.29 is 86.6 Å². The van der Waals surface area contributed by atoms with E-state index in [9.17, 15) is 58.2 Å². The number of anilines is 2. The summed E-state index contributed by atoms with van der Waals surface area (Å²) >= 11 is 0. The van der Waals surface area contributed by atoms with Crippen molar-refractivity contribution in [3.8, 4) is 17.2 Å². The second-order valence-electron chi connectivity index (χ2n) is 26.7. The van der Waals surface area contributed by atoms with Crippen molar-refractivity contribution in [3.63, 3.8) is 0 Å². The molecular formula is C78H100N6O18. The van der Waals surface area contributed by atoms with Gasteiger partial charge >= 0.3 is 18.2 Å². The van der Waals surface area contributed by atoms with Gasteiger partial charge in [0.2, 0.25) is 11.8 Å². The lowest BCUT2D eigenvalue weighted by molar-refractivity contribution is -0.146. The Labute approximate surface area is 597 Å². The van der Waals surface area contributed by atoms with Crippen molar-refractivity contribution in [2.45, 2.75) is 170 Å². The average Bonchev–Trinajstić information content (AvgIpc) is 1.22. The Morgan fingerprint density at radius 2 is 1.00 bits per heavy atom. The molecule has 1 unspecified atom stereocenters. The van der Waals surface area contributed by atoms with Crippen molar-refractivity contribution in [1.29, 1.82) is 0 Å². The van der Waals surface area contributed by atoms with Gasteiger partial charge in [-0.25, -0.2) is 9.59 Å². The molecule has 102 heavy (non-hydrogen) atoms. The third kappa shape index (κ3) is 24.1. The van der Waals surface area contributed by atoms with E-state index in [0.29, 0.717) is 78.5 Å². The van der Waals surface area contributed by atoms with Gasteiger partial charge in [-0.3, -0.25) is 49.0 Å². The second kappa shape index (κ2) is 39.9. The summed E-state index contributed by atoms with van der Waals surface area (Å²) in [7, 11) is 1.41. The van der Waals surface area contributed by atoms with E-state index in [-0.39, 0.29) is 141 Å². The number of amides is 6. The Morgan fingerprint density at radius 1 is 0.559 bits per heavy atom. The van der Waals surface area contributed by atoms with Crippen molar-refractivity contribution >= 4 is 70.5 Å². The molecule has 550 valence electrons. The molecule has 4 aromatic carbocycles. The molecule has 0 bridgehead atoms. The van der Waals surface area contributed by atoms with Gasteiger partial charge in [0.25, 0.3) is 11.8 Å². The number of ether oxygens (including phenoxy) is 6. The van der Waals surface area contributed by atoms with Crippen LogP contribution in [0.1, 0.15) is 162 Å². The molecule has 0 spiro atoms. The number of carbonyl (C=O) groups is 10. The van der Waals surface area contributed by atoms with Crippen LogP contribution in [0.3, 0.4) is 0 Å². The summed E-state index contributed by atoms with van der Waals surface area (Å²) in [5.74, 6) is -3.62. The molecule has 0 saturated carbocycles. The zero-order valence-corrected chi connectivity index (χ0v) is 60.3. The van der Waals surface area contributed by atoms with Gasteiger partial charge < -0.3 is 59.1 Å². The zero-order valence-electron chi connectivity index (χ0n) is 60.3. The normalized spacial score (nSPS) is 15.2. The molecular weight excluding hydrogens is 1310 g/mol. The molecule has 6 amide bonds. The van der Waals surface area contributed by atoms with Crippen LogP contribution in [0.15, 0.2) is 122 Å². The van der Waals surface area contributed by atoms with Crippen molar-refractivity contribution in [2.24, 2.45) is 23.7 Å². The smallest absolute Gasteiger partial charge is 0.411 e. The van der Waals surface area contributed by atoms with Crippen molar-refractivity contribution in [2.75, 3.05) is 50.8 Å². The van der Waals surface area contributed by atoms with E-state index >= 15 is 0 Å². The standard InChI is InChI=1S/C78H100N6O18/c1-13-15-19-60(87)36-61(47(3)4)73(91)79-52(10)67(88)34-54-20-24-56(25-21-54)45-101-77(95)81-65-39-69(51(9)33-63(65)75(93)83-41-49(7)31-58(83)43-85)98-29-17-16-18-30-99-71-40-66(64(37-70(71)97-12)76(94)84-42-50(8)32-59(84)44-86)82-78(96)102-46-57-26-22-55(23-27-57)35-68(89)53(11)80-74(92)62(48(5)6)38-72(90)100-28-14-2/h13-14,20-27,33,37,39-42,47-48,52-53,58-59,61-62,85-86H,1-2,15-19,28-32,34-36,38,43-46H2,3-12H3,(H,79,91)(H,80,92)(H,81,95)(H,82,96)/t52-,53-,58-,59?,61-,62-/m0/s1. The van der Waals surface area contributed by atoms with Gasteiger partial charge in [0.1, 0.15) is 31.4 Å². The number of aliphatic hydroxyl groups excluding tert-OH is 2. The maximum atomic E-state index is 14.3. The van der Waals surface area contributed by atoms with E-state index in [1.807, 2.05) is 41.5 Å². The number of Topliss-reactive ketones (excluding diaryl/α,β-unsaturated/α-hetero) is 3. The number of benzene rings is 4. The van der Waals surface area contributed by atoms with Crippen molar-refractivity contribution in [3.05, 3.63) is 161 Å². The first-order chi connectivity index (χ1) is 48.7. The number of allylic oxidation sites excluding steroid dienone is 1. The van der Waals surface area contributed by atoms with Crippen LogP contribution in [0.25, 0.3) is 0 Å². The van der Waals surface area contributed by atoms with E-state index in [1.54, 1.807) is 99.9 Å². The molecule has 0 fully saturated rings.